The normalized spacial score (nSPS) is 11.7. The summed E-state index contributed by atoms with van der Waals surface area (Å²) in [7, 11) is 0. The Morgan fingerprint density at radius 3 is 2.00 bits per heavy atom. The molecule has 3 heteroatoms. The summed E-state index contributed by atoms with van der Waals surface area (Å²) in [5, 5.41) is 17.8. The minimum Gasteiger partial charge on any atom is -0.481 e. The standard InChI is InChI=1S/C12H24O3/c1-3-12(4-2,11(14)15)9-7-5-6-8-10-13/h13H,3-10H2,1-2H3,(H,14,15). The van der Waals surface area contributed by atoms with Gasteiger partial charge in [-0.2, -0.15) is 0 Å². The highest BCUT2D eigenvalue weighted by Gasteiger charge is 2.33. The maximum atomic E-state index is 11.2. The lowest BCUT2D eigenvalue weighted by atomic mass is 9.78. The summed E-state index contributed by atoms with van der Waals surface area (Å²) >= 11 is 0. The van der Waals surface area contributed by atoms with Gasteiger partial charge in [0.1, 0.15) is 0 Å². The van der Waals surface area contributed by atoms with Gasteiger partial charge in [0.05, 0.1) is 5.41 Å². The quantitative estimate of drug-likeness (QED) is 0.583. The maximum absolute atomic E-state index is 11.2. The fourth-order valence-electron chi connectivity index (χ4n) is 1.94. The molecule has 0 spiro atoms. The first kappa shape index (κ1) is 14.4. The monoisotopic (exact) mass is 216 g/mol. The lowest BCUT2D eigenvalue weighted by Crippen LogP contribution is -2.29. The molecule has 0 saturated carbocycles. The van der Waals surface area contributed by atoms with Crippen molar-refractivity contribution in [3.05, 3.63) is 0 Å². The van der Waals surface area contributed by atoms with Crippen molar-refractivity contribution in [1.29, 1.82) is 0 Å². The number of carboxylic acid groups (broad SMARTS) is 1. The number of hydrogen-bond donors (Lipinski definition) is 2. The molecule has 0 saturated heterocycles. The van der Waals surface area contributed by atoms with Crippen molar-refractivity contribution in [3.63, 3.8) is 0 Å². The van der Waals surface area contributed by atoms with E-state index in [0.717, 1.165) is 32.1 Å². The van der Waals surface area contributed by atoms with Gasteiger partial charge in [0.15, 0.2) is 0 Å². The van der Waals surface area contributed by atoms with E-state index in [1.54, 1.807) is 0 Å². The first-order chi connectivity index (χ1) is 7.13. The number of unbranched alkanes of at least 4 members (excludes halogenated alkanes) is 3. The molecule has 0 rings (SSSR count). The number of carbonyl (C=O) groups is 1. The molecule has 0 unspecified atom stereocenters. The average molecular weight is 216 g/mol. The summed E-state index contributed by atoms with van der Waals surface area (Å²) in [4.78, 5) is 11.2. The van der Waals surface area contributed by atoms with Crippen LogP contribution in [0.2, 0.25) is 0 Å². The van der Waals surface area contributed by atoms with Gasteiger partial charge < -0.3 is 10.2 Å². The highest BCUT2D eigenvalue weighted by Crippen LogP contribution is 2.33. The van der Waals surface area contributed by atoms with Crippen LogP contribution in [0.3, 0.4) is 0 Å². The first-order valence-electron chi connectivity index (χ1n) is 5.97. The van der Waals surface area contributed by atoms with Crippen LogP contribution in [0.5, 0.6) is 0 Å². The lowest BCUT2D eigenvalue weighted by molar-refractivity contribution is -0.150. The smallest absolute Gasteiger partial charge is 0.309 e. The molecule has 0 amide bonds. The maximum Gasteiger partial charge on any atom is 0.309 e. The van der Waals surface area contributed by atoms with E-state index >= 15 is 0 Å². The average Bonchev–Trinajstić information content (AvgIpc) is 2.23. The van der Waals surface area contributed by atoms with Crippen molar-refractivity contribution in [2.24, 2.45) is 5.41 Å². The van der Waals surface area contributed by atoms with Crippen molar-refractivity contribution in [3.8, 4) is 0 Å². The molecular weight excluding hydrogens is 192 g/mol. The van der Waals surface area contributed by atoms with Crippen LogP contribution >= 0.6 is 0 Å². The van der Waals surface area contributed by atoms with Crippen LogP contribution < -0.4 is 0 Å². The molecule has 0 fully saturated rings. The Bertz CT molecular complexity index is 174. The second-order valence-electron chi connectivity index (χ2n) is 4.18. The number of hydrogen-bond acceptors (Lipinski definition) is 2. The zero-order valence-corrected chi connectivity index (χ0v) is 9.96. The van der Waals surface area contributed by atoms with Crippen molar-refractivity contribution >= 4 is 5.97 Å². The van der Waals surface area contributed by atoms with E-state index in [4.69, 9.17) is 5.11 Å². The van der Waals surface area contributed by atoms with Crippen LogP contribution in [0.25, 0.3) is 0 Å². The molecule has 0 aliphatic rings. The molecule has 0 bridgehead atoms. The minimum absolute atomic E-state index is 0.242. The van der Waals surface area contributed by atoms with Crippen LogP contribution in [-0.4, -0.2) is 22.8 Å². The third kappa shape index (κ3) is 4.65. The molecule has 0 aromatic rings. The van der Waals surface area contributed by atoms with Crippen LogP contribution in [0.4, 0.5) is 0 Å². The van der Waals surface area contributed by atoms with Gasteiger partial charge in [0, 0.05) is 6.61 Å². The third-order valence-corrected chi connectivity index (χ3v) is 3.37. The zero-order chi connectivity index (χ0) is 11.7. The Morgan fingerprint density at radius 2 is 1.60 bits per heavy atom. The van der Waals surface area contributed by atoms with E-state index in [0.29, 0.717) is 12.8 Å². The van der Waals surface area contributed by atoms with Crippen molar-refractivity contribution < 1.29 is 15.0 Å². The van der Waals surface area contributed by atoms with Gasteiger partial charge in [0.2, 0.25) is 0 Å². The molecule has 0 aliphatic heterocycles. The molecule has 15 heavy (non-hydrogen) atoms. The number of aliphatic hydroxyl groups excluding tert-OH is 1. The fourth-order valence-corrected chi connectivity index (χ4v) is 1.94. The predicted molar refractivity (Wildman–Crippen MR) is 60.8 cm³/mol. The SMILES string of the molecule is CCC(CC)(CCCCCCO)C(=O)O. The topological polar surface area (TPSA) is 57.5 Å². The summed E-state index contributed by atoms with van der Waals surface area (Å²) in [6, 6.07) is 0. The van der Waals surface area contributed by atoms with Crippen molar-refractivity contribution in [2.75, 3.05) is 6.61 Å². The van der Waals surface area contributed by atoms with Gasteiger partial charge in [-0.1, -0.05) is 33.1 Å². The molecular formula is C12H24O3. The Kier molecular flexibility index (Phi) is 7.39. The van der Waals surface area contributed by atoms with Gasteiger partial charge in [-0.05, 0) is 25.7 Å². The van der Waals surface area contributed by atoms with Crippen molar-refractivity contribution in [1.82, 2.24) is 0 Å². The largest absolute Gasteiger partial charge is 0.481 e. The van der Waals surface area contributed by atoms with Gasteiger partial charge in [-0.25, -0.2) is 0 Å². The Labute approximate surface area is 92.5 Å². The second-order valence-corrected chi connectivity index (χ2v) is 4.18. The number of carboxylic acids is 1. The molecule has 0 radical (unpaired) electrons. The van der Waals surface area contributed by atoms with Crippen LogP contribution in [0.15, 0.2) is 0 Å². The third-order valence-electron chi connectivity index (χ3n) is 3.37. The zero-order valence-electron chi connectivity index (χ0n) is 9.96. The van der Waals surface area contributed by atoms with Gasteiger partial charge in [-0.3, -0.25) is 4.79 Å². The first-order valence-corrected chi connectivity index (χ1v) is 5.97. The van der Waals surface area contributed by atoms with E-state index in [9.17, 15) is 9.90 Å². The molecule has 3 nitrogen and oxygen atoms in total. The highest BCUT2D eigenvalue weighted by atomic mass is 16.4. The number of rotatable bonds is 9. The van der Waals surface area contributed by atoms with Crippen LogP contribution in [0.1, 0.15) is 58.8 Å². The Hall–Kier alpha value is -0.570. The Balaban J connectivity index is 3.91. The molecule has 0 atom stereocenters. The fraction of sp³-hybridized carbons (Fsp3) is 0.917. The van der Waals surface area contributed by atoms with Crippen LogP contribution in [-0.2, 0) is 4.79 Å². The molecule has 0 aromatic carbocycles. The Morgan fingerprint density at radius 1 is 1.07 bits per heavy atom. The van der Waals surface area contributed by atoms with Crippen molar-refractivity contribution in [2.45, 2.75) is 58.8 Å². The van der Waals surface area contributed by atoms with E-state index in [-0.39, 0.29) is 6.61 Å². The molecule has 0 heterocycles. The number of aliphatic carboxylic acids is 1. The van der Waals surface area contributed by atoms with Gasteiger partial charge >= 0.3 is 5.97 Å². The summed E-state index contributed by atoms with van der Waals surface area (Å²) < 4.78 is 0. The summed E-state index contributed by atoms with van der Waals surface area (Å²) in [5.41, 5.74) is -0.515. The summed E-state index contributed by atoms with van der Waals surface area (Å²) in [6.45, 7) is 4.14. The van der Waals surface area contributed by atoms with Gasteiger partial charge in [0.25, 0.3) is 0 Å². The van der Waals surface area contributed by atoms with Crippen LogP contribution in [0, 0.1) is 5.41 Å². The molecule has 0 aromatic heterocycles. The number of aliphatic hydroxyl groups is 1. The lowest BCUT2D eigenvalue weighted by Gasteiger charge is -2.26. The molecule has 2 N–H and O–H groups in total. The summed E-state index contributed by atoms with van der Waals surface area (Å²) in [6.07, 6.45) is 5.99. The molecule has 90 valence electrons. The highest BCUT2D eigenvalue weighted by molar-refractivity contribution is 5.74. The van der Waals surface area contributed by atoms with Gasteiger partial charge in [-0.15, -0.1) is 0 Å². The van der Waals surface area contributed by atoms with E-state index < -0.39 is 11.4 Å². The van der Waals surface area contributed by atoms with E-state index in [2.05, 4.69) is 0 Å². The van der Waals surface area contributed by atoms with E-state index in [1.807, 2.05) is 13.8 Å². The predicted octanol–water partition coefficient (Wildman–Crippen LogP) is 2.82. The molecule has 0 aliphatic carbocycles. The van der Waals surface area contributed by atoms with E-state index in [1.165, 1.54) is 0 Å². The minimum atomic E-state index is -0.658. The summed E-state index contributed by atoms with van der Waals surface area (Å²) in [5.74, 6) is -0.658. The second kappa shape index (κ2) is 7.69.